The molecule has 0 amide bonds. The van der Waals surface area contributed by atoms with Gasteiger partial charge < -0.3 is 27.9 Å². The Balaban J connectivity index is 4.38. The summed E-state index contributed by atoms with van der Waals surface area (Å²) < 4.78 is 33.9. The standard InChI is InChI=1S/C45H84NO8P/c1-6-8-10-12-14-16-18-20-22-23-24-26-28-30-32-34-36-38-45(48)54-43(42-53-55(49,50)52-40-39-46(3,4)5)41-51-44(47)37-35-33-31-29-27-25-21-19-17-15-13-11-9-7-2/h14,16,19-22,43H,6-13,15,17-18,23-42H2,1-5H3/b16-14-,21-19-,22-20-/t43-/m1/s1. The van der Waals surface area contributed by atoms with E-state index in [1.54, 1.807) is 0 Å². The molecule has 0 radical (unpaired) electrons. The lowest BCUT2D eigenvalue weighted by Gasteiger charge is -2.28. The number of carbonyl (C=O) groups is 2. The molecule has 0 fully saturated rings. The second-order valence-electron chi connectivity index (χ2n) is 16.1. The monoisotopic (exact) mass is 798 g/mol. The molecule has 0 N–H and O–H groups in total. The Morgan fingerprint density at radius 1 is 0.564 bits per heavy atom. The zero-order valence-electron chi connectivity index (χ0n) is 36.1. The van der Waals surface area contributed by atoms with Crippen LogP contribution in [0, 0.1) is 0 Å². The van der Waals surface area contributed by atoms with E-state index in [-0.39, 0.29) is 26.1 Å². The van der Waals surface area contributed by atoms with E-state index in [9.17, 15) is 19.0 Å². The van der Waals surface area contributed by atoms with Crippen LogP contribution in [0.3, 0.4) is 0 Å². The normalized spacial score (nSPS) is 13.9. The SMILES string of the molecule is CCCCC/C=C\C/C=C\CCCCCCCCCC(=O)O[C@H](COC(=O)CCCCCCC/C=C\CCCCCCC)COP(=O)([O-])OCC[N+](C)(C)C. The van der Waals surface area contributed by atoms with Crippen molar-refractivity contribution in [3.63, 3.8) is 0 Å². The van der Waals surface area contributed by atoms with Crippen molar-refractivity contribution in [2.24, 2.45) is 0 Å². The van der Waals surface area contributed by atoms with Gasteiger partial charge in [0.1, 0.15) is 19.8 Å². The Morgan fingerprint density at radius 3 is 1.49 bits per heavy atom. The van der Waals surface area contributed by atoms with E-state index in [2.05, 4.69) is 50.3 Å². The number of allylic oxidation sites excluding steroid dienone is 6. The predicted octanol–water partition coefficient (Wildman–Crippen LogP) is 11.9. The van der Waals surface area contributed by atoms with E-state index < -0.39 is 32.5 Å². The van der Waals surface area contributed by atoms with Crippen molar-refractivity contribution >= 4 is 19.8 Å². The molecule has 9 nitrogen and oxygen atoms in total. The molecule has 1 unspecified atom stereocenters. The van der Waals surface area contributed by atoms with Gasteiger partial charge in [-0.15, -0.1) is 0 Å². The fraction of sp³-hybridized carbons (Fsp3) is 0.822. The van der Waals surface area contributed by atoms with E-state index >= 15 is 0 Å². The van der Waals surface area contributed by atoms with Gasteiger partial charge in [0.05, 0.1) is 27.7 Å². The highest BCUT2D eigenvalue weighted by Crippen LogP contribution is 2.38. The summed E-state index contributed by atoms with van der Waals surface area (Å²) in [5, 5.41) is 0. The molecule has 0 rings (SSSR count). The summed E-state index contributed by atoms with van der Waals surface area (Å²) in [7, 11) is 1.15. The lowest BCUT2D eigenvalue weighted by molar-refractivity contribution is -0.870. The number of phosphoric acid groups is 1. The first-order chi connectivity index (χ1) is 26.5. The molecular formula is C45H84NO8P. The maximum atomic E-state index is 12.7. The molecule has 0 saturated carbocycles. The lowest BCUT2D eigenvalue weighted by atomic mass is 10.1. The molecule has 0 aromatic rings. The maximum absolute atomic E-state index is 12.7. The van der Waals surface area contributed by atoms with Crippen LogP contribution in [0.25, 0.3) is 0 Å². The first kappa shape index (κ1) is 53.2. The third-order valence-corrected chi connectivity index (χ3v) is 10.3. The Morgan fingerprint density at radius 2 is 0.982 bits per heavy atom. The van der Waals surface area contributed by atoms with Crippen molar-refractivity contribution in [1.29, 1.82) is 0 Å². The first-order valence-electron chi connectivity index (χ1n) is 22.2. The highest BCUT2D eigenvalue weighted by atomic mass is 31.2. The number of hydrogen-bond acceptors (Lipinski definition) is 8. The minimum absolute atomic E-state index is 0.0339. The second kappa shape index (κ2) is 37.8. The molecule has 10 heteroatoms. The van der Waals surface area contributed by atoms with Gasteiger partial charge in [0.25, 0.3) is 7.82 Å². The number of ether oxygens (including phenoxy) is 2. The van der Waals surface area contributed by atoms with Crippen molar-refractivity contribution in [2.75, 3.05) is 47.5 Å². The number of esters is 2. The zero-order valence-corrected chi connectivity index (χ0v) is 37.0. The summed E-state index contributed by atoms with van der Waals surface area (Å²) in [4.78, 5) is 37.5. The fourth-order valence-electron chi connectivity index (χ4n) is 5.85. The number of quaternary nitrogens is 1. The van der Waals surface area contributed by atoms with Crippen molar-refractivity contribution in [3.8, 4) is 0 Å². The summed E-state index contributed by atoms with van der Waals surface area (Å²) in [6.45, 7) is 4.17. The molecule has 0 heterocycles. The molecule has 0 aliphatic rings. The number of unbranched alkanes of at least 4 members (excludes halogenated alkanes) is 20. The van der Waals surface area contributed by atoms with Gasteiger partial charge in [0.15, 0.2) is 6.10 Å². The number of rotatable bonds is 40. The summed E-state index contributed by atoms with van der Waals surface area (Å²) in [5.41, 5.74) is 0. The van der Waals surface area contributed by atoms with Crippen LogP contribution in [0.5, 0.6) is 0 Å². The van der Waals surface area contributed by atoms with E-state index in [1.807, 2.05) is 21.1 Å². The zero-order chi connectivity index (χ0) is 40.7. The number of phosphoric ester groups is 1. The van der Waals surface area contributed by atoms with Crippen molar-refractivity contribution < 1.29 is 42.1 Å². The van der Waals surface area contributed by atoms with Crippen molar-refractivity contribution in [1.82, 2.24) is 0 Å². The van der Waals surface area contributed by atoms with Crippen LogP contribution in [0.2, 0.25) is 0 Å². The van der Waals surface area contributed by atoms with E-state index in [1.165, 1.54) is 83.5 Å². The molecule has 55 heavy (non-hydrogen) atoms. The highest BCUT2D eigenvalue weighted by molar-refractivity contribution is 7.45. The molecule has 0 aliphatic heterocycles. The maximum Gasteiger partial charge on any atom is 0.306 e. The lowest BCUT2D eigenvalue weighted by Crippen LogP contribution is -2.37. The van der Waals surface area contributed by atoms with Gasteiger partial charge in [-0.1, -0.05) is 140 Å². The topological polar surface area (TPSA) is 111 Å². The summed E-state index contributed by atoms with van der Waals surface area (Å²) in [6, 6.07) is 0. The molecule has 2 atom stereocenters. The minimum atomic E-state index is -4.63. The quantitative estimate of drug-likeness (QED) is 0.0198. The van der Waals surface area contributed by atoms with Crippen LogP contribution in [0.4, 0.5) is 0 Å². The number of likely N-dealkylation sites (N-methyl/N-ethyl adjacent to an activating group) is 1. The van der Waals surface area contributed by atoms with Gasteiger partial charge in [-0.3, -0.25) is 14.2 Å². The third kappa shape index (κ3) is 41.7. The number of hydrogen-bond donors (Lipinski definition) is 0. The van der Waals surface area contributed by atoms with Gasteiger partial charge in [-0.25, -0.2) is 0 Å². The van der Waals surface area contributed by atoms with Crippen LogP contribution >= 0.6 is 7.82 Å². The highest BCUT2D eigenvalue weighted by Gasteiger charge is 2.21. The Labute approximate surface area is 338 Å². The van der Waals surface area contributed by atoms with Crippen LogP contribution in [0.15, 0.2) is 36.5 Å². The molecule has 322 valence electrons. The summed E-state index contributed by atoms with van der Waals surface area (Å²) in [6.07, 6.45) is 41.6. The van der Waals surface area contributed by atoms with Gasteiger partial charge in [-0.2, -0.15) is 0 Å². The Bertz CT molecular complexity index is 1040. The van der Waals surface area contributed by atoms with Gasteiger partial charge in [-0.05, 0) is 70.6 Å². The van der Waals surface area contributed by atoms with E-state index in [0.29, 0.717) is 17.4 Å². The molecule has 0 aromatic carbocycles. The van der Waals surface area contributed by atoms with Crippen molar-refractivity contribution in [3.05, 3.63) is 36.5 Å². The Kier molecular flexibility index (Phi) is 36.6. The molecule has 0 bridgehead atoms. The first-order valence-corrected chi connectivity index (χ1v) is 23.7. The van der Waals surface area contributed by atoms with Crippen LogP contribution in [0.1, 0.15) is 187 Å². The average molecular weight is 798 g/mol. The molecule has 0 saturated heterocycles. The fourth-order valence-corrected chi connectivity index (χ4v) is 6.58. The number of carbonyl (C=O) groups excluding carboxylic acids is 2. The van der Waals surface area contributed by atoms with Crippen LogP contribution < -0.4 is 4.89 Å². The molecular weight excluding hydrogens is 713 g/mol. The van der Waals surface area contributed by atoms with Crippen molar-refractivity contribution in [2.45, 2.75) is 193 Å². The van der Waals surface area contributed by atoms with Gasteiger partial charge in [0.2, 0.25) is 0 Å². The van der Waals surface area contributed by atoms with Crippen LogP contribution in [-0.2, 0) is 32.7 Å². The predicted molar refractivity (Wildman–Crippen MR) is 227 cm³/mol. The summed E-state index contributed by atoms with van der Waals surface area (Å²) >= 11 is 0. The molecule has 0 aromatic heterocycles. The smallest absolute Gasteiger partial charge is 0.306 e. The third-order valence-electron chi connectivity index (χ3n) is 9.38. The minimum Gasteiger partial charge on any atom is -0.756 e. The number of nitrogens with zero attached hydrogens (tertiary/aromatic N) is 1. The Hall–Kier alpha value is -1.77. The molecule has 0 aliphatic carbocycles. The van der Waals surface area contributed by atoms with Gasteiger partial charge in [0, 0.05) is 12.8 Å². The van der Waals surface area contributed by atoms with E-state index in [4.69, 9.17) is 18.5 Å². The van der Waals surface area contributed by atoms with Gasteiger partial charge >= 0.3 is 11.9 Å². The van der Waals surface area contributed by atoms with Crippen LogP contribution in [-0.4, -0.2) is 70.0 Å². The second-order valence-corrected chi connectivity index (χ2v) is 17.5. The molecule has 0 spiro atoms. The van der Waals surface area contributed by atoms with E-state index in [0.717, 1.165) is 70.6 Å². The summed E-state index contributed by atoms with van der Waals surface area (Å²) in [5.74, 6) is -0.852. The average Bonchev–Trinajstić information content (AvgIpc) is 3.13. The largest absolute Gasteiger partial charge is 0.756 e.